The van der Waals surface area contributed by atoms with Crippen molar-refractivity contribution in [2.45, 2.75) is 20.0 Å². The molecule has 0 bridgehead atoms. The summed E-state index contributed by atoms with van der Waals surface area (Å²) in [5.74, 6) is 0.326. The van der Waals surface area contributed by atoms with Gasteiger partial charge in [0.2, 0.25) is 5.91 Å². The molecule has 0 radical (unpaired) electrons. The number of fused-ring (bicyclic) bond motifs is 1. The molecule has 1 amide bonds. The van der Waals surface area contributed by atoms with Crippen LogP contribution in [0.3, 0.4) is 0 Å². The fourth-order valence-corrected chi connectivity index (χ4v) is 2.38. The van der Waals surface area contributed by atoms with Crippen molar-refractivity contribution in [3.63, 3.8) is 0 Å². The molecule has 112 valence electrons. The zero-order valence-corrected chi connectivity index (χ0v) is 12.6. The summed E-state index contributed by atoms with van der Waals surface area (Å²) in [7, 11) is 0. The number of amides is 1. The molecular weight excluding hydrogens is 290 g/mol. The Morgan fingerprint density at radius 1 is 1.24 bits per heavy atom. The lowest BCUT2D eigenvalue weighted by Crippen LogP contribution is -2.30. The van der Waals surface area contributed by atoms with Crippen molar-refractivity contribution in [1.82, 2.24) is 14.5 Å². The van der Waals surface area contributed by atoms with Gasteiger partial charge in [0.15, 0.2) is 0 Å². The number of rotatable bonds is 6. The number of benzene rings is 1. The Hall–Kier alpha value is -2.01. The molecule has 1 aromatic carbocycles. The first-order chi connectivity index (χ1) is 10.1. The molecule has 0 spiro atoms. The number of para-hydroxylation sites is 2. The number of halogens is 1. The van der Waals surface area contributed by atoms with E-state index in [4.69, 9.17) is 11.6 Å². The third kappa shape index (κ3) is 3.55. The predicted molar refractivity (Wildman–Crippen MR) is 84.7 cm³/mol. The van der Waals surface area contributed by atoms with E-state index in [2.05, 4.69) is 5.32 Å². The van der Waals surface area contributed by atoms with Crippen molar-refractivity contribution in [2.24, 2.45) is 0 Å². The Morgan fingerprint density at radius 3 is 2.52 bits per heavy atom. The first kappa shape index (κ1) is 15.4. The van der Waals surface area contributed by atoms with Crippen LogP contribution in [-0.2, 0) is 17.9 Å². The van der Waals surface area contributed by atoms with Gasteiger partial charge in [-0.2, -0.15) is 0 Å². The number of hydrogen-bond donors (Lipinski definition) is 1. The average molecular weight is 308 g/mol. The smallest absolute Gasteiger partial charge is 0.329 e. The average Bonchev–Trinajstić information content (AvgIpc) is 2.73. The third-order valence-corrected chi connectivity index (χ3v) is 3.36. The fourth-order valence-electron chi connectivity index (χ4n) is 2.25. The van der Waals surface area contributed by atoms with Crippen molar-refractivity contribution in [3.05, 3.63) is 46.9 Å². The van der Waals surface area contributed by atoms with E-state index in [1.807, 2.05) is 36.4 Å². The Bertz CT molecular complexity index is 715. The Kier molecular flexibility index (Phi) is 5.22. The van der Waals surface area contributed by atoms with Crippen LogP contribution in [0.2, 0.25) is 0 Å². The molecule has 0 saturated heterocycles. The van der Waals surface area contributed by atoms with E-state index in [0.717, 1.165) is 11.0 Å². The molecule has 2 aromatic rings. The standard InChI is InChI=1S/C15H18ClN3O2/c1-12(20)17-9-11-19-14-7-3-2-6-13(14)18(15(19)21)10-5-4-8-16/h2-7H,8-11H2,1H3,(H,17,20). The summed E-state index contributed by atoms with van der Waals surface area (Å²) >= 11 is 5.61. The maximum absolute atomic E-state index is 12.5. The van der Waals surface area contributed by atoms with E-state index in [1.54, 1.807) is 9.13 Å². The molecule has 0 unspecified atom stereocenters. The maximum atomic E-state index is 12.5. The summed E-state index contributed by atoms with van der Waals surface area (Å²) in [4.78, 5) is 23.4. The number of imidazole rings is 1. The van der Waals surface area contributed by atoms with E-state index in [-0.39, 0.29) is 11.6 Å². The monoisotopic (exact) mass is 307 g/mol. The minimum atomic E-state index is -0.100. The van der Waals surface area contributed by atoms with Gasteiger partial charge >= 0.3 is 5.69 Å². The van der Waals surface area contributed by atoms with Crippen molar-refractivity contribution in [3.8, 4) is 0 Å². The zero-order valence-electron chi connectivity index (χ0n) is 11.9. The fraction of sp³-hybridized carbons (Fsp3) is 0.333. The maximum Gasteiger partial charge on any atom is 0.329 e. The van der Waals surface area contributed by atoms with Crippen LogP contribution in [0.4, 0.5) is 0 Å². The molecule has 1 N–H and O–H groups in total. The molecule has 1 heterocycles. The van der Waals surface area contributed by atoms with E-state index in [0.29, 0.717) is 25.5 Å². The van der Waals surface area contributed by atoms with Gasteiger partial charge in [0.25, 0.3) is 0 Å². The molecule has 2 rings (SSSR count). The van der Waals surface area contributed by atoms with Crippen molar-refractivity contribution in [2.75, 3.05) is 12.4 Å². The van der Waals surface area contributed by atoms with Crippen LogP contribution in [0.1, 0.15) is 6.92 Å². The second kappa shape index (κ2) is 7.13. The summed E-state index contributed by atoms with van der Waals surface area (Å²) in [6.45, 7) is 2.83. The first-order valence-electron chi connectivity index (χ1n) is 6.78. The summed E-state index contributed by atoms with van der Waals surface area (Å²) in [6.07, 6.45) is 3.69. The Balaban J connectivity index is 2.36. The zero-order chi connectivity index (χ0) is 15.2. The van der Waals surface area contributed by atoms with Crippen molar-refractivity contribution >= 4 is 28.5 Å². The topological polar surface area (TPSA) is 56.0 Å². The number of carbonyl (C=O) groups is 1. The minimum Gasteiger partial charge on any atom is -0.355 e. The molecule has 21 heavy (non-hydrogen) atoms. The van der Waals surface area contributed by atoms with Gasteiger partial charge in [-0.3, -0.25) is 13.9 Å². The van der Waals surface area contributed by atoms with E-state index in [9.17, 15) is 9.59 Å². The summed E-state index contributed by atoms with van der Waals surface area (Å²) in [6, 6.07) is 7.63. The van der Waals surface area contributed by atoms with Gasteiger partial charge in [0.1, 0.15) is 0 Å². The number of nitrogens with zero attached hydrogens (tertiary/aromatic N) is 2. The molecule has 0 fully saturated rings. The van der Waals surface area contributed by atoms with Gasteiger partial charge < -0.3 is 5.32 Å². The number of alkyl halides is 1. The molecule has 0 aliphatic carbocycles. The van der Waals surface area contributed by atoms with Crippen LogP contribution < -0.4 is 11.0 Å². The molecule has 0 saturated carbocycles. The SMILES string of the molecule is CC(=O)NCCn1c(=O)n(CC=CCCl)c2ccccc21. The highest BCUT2D eigenvalue weighted by Gasteiger charge is 2.11. The van der Waals surface area contributed by atoms with Crippen LogP contribution in [-0.4, -0.2) is 27.5 Å². The van der Waals surface area contributed by atoms with Gasteiger partial charge in [-0.05, 0) is 12.1 Å². The largest absolute Gasteiger partial charge is 0.355 e. The van der Waals surface area contributed by atoms with Crippen LogP contribution in [0, 0.1) is 0 Å². The number of allylic oxidation sites excluding steroid dienone is 2. The van der Waals surface area contributed by atoms with Crippen molar-refractivity contribution in [1.29, 1.82) is 0 Å². The highest BCUT2D eigenvalue weighted by molar-refractivity contribution is 6.18. The first-order valence-corrected chi connectivity index (χ1v) is 7.32. The van der Waals surface area contributed by atoms with Gasteiger partial charge in [-0.25, -0.2) is 4.79 Å². The summed E-state index contributed by atoms with van der Waals surface area (Å²) in [5.41, 5.74) is 1.66. The third-order valence-electron chi connectivity index (χ3n) is 3.18. The van der Waals surface area contributed by atoms with Gasteiger partial charge in [-0.1, -0.05) is 24.3 Å². The lowest BCUT2D eigenvalue weighted by atomic mass is 10.3. The molecule has 5 nitrogen and oxygen atoms in total. The number of aromatic nitrogens is 2. The molecule has 0 atom stereocenters. The highest BCUT2D eigenvalue weighted by atomic mass is 35.5. The van der Waals surface area contributed by atoms with Gasteiger partial charge in [0, 0.05) is 32.4 Å². The Morgan fingerprint density at radius 2 is 1.90 bits per heavy atom. The predicted octanol–water partition coefficient (Wildman–Crippen LogP) is 1.73. The van der Waals surface area contributed by atoms with Crippen LogP contribution in [0.25, 0.3) is 11.0 Å². The van der Waals surface area contributed by atoms with E-state index in [1.165, 1.54) is 6.92 Å². The Labute approximate surface area is 127 Å². The minimum absolute atomic E-state index is 0.0826. The number of nitrogens with one attached hydrogen (secondary N) is 1. The molecular formula is C15H18ClN3O2. The van der Waals surface area contributed by atoms with Crippen LogP contribution >= 0.6 is 11.6 Å². The summed E-state index contributed by atoms with van der Waals surface area (Å²) < 4.78 is 3.38. The molecule has 0 aliphatic rings. The quantitative estimate of drug-likeness (QED) is 0.653. The number of hydrogen-bond acceptors (Lipinski definition) is 2. The van der Waals surface area contributed by atoms with Crippen LogP contribution in [0.15, 0.2) is 41.2 Å². The second-order valence-electron chi connectivity index (χ2n) is 4.64. The highest BCUT2D eigenvalue weighted by Crippen LogP contribution is 2.12. The number of carbonyl (C=O) groups excluding carboxylic acids is 1. The molecule has 0 aliphatic heterocycles. The molecule has 6 heteroatoms. The second-order valence-corrected chi connectivity index (χ2v) is 4.95. The normalized spacial score (nSPS) is 11.3. The molecule has 1 aromatic heterocycles. The lowest BCUT2D eigenvalue weighted by Gasteiger charge is -2.03. The van der Waals surface area contributed by atoms with E-state index >= 15 is 0 Å². The summed E-state index contributed by atoms with van der Waals surface area (Å²) in [5, 5.41) is 2.71. The van der Waals surface area contributed by atoms with Crippen molar-refractivity contribution < 1.29 is 4.79 Å². The lowest BCUT2D eigenvalue weighted by molar-refractivity contribution is -0.118. The van der Waals surface area contributed by atoms with Gasteiger partial charge in [0.05, 0.1) is 11.0 Å². The van der Waals surface area contributed by atoms with Gasteiger partial charge in [-0.15, -0.1) is 11.6 Å². The van der Waals surface area contributed by atoms with Crippen LogP contribution in [0.5, 0.6) is 0 Å². The van der Waals surface area contributed by atoms with E-state index < -0.39 is 0 Å².